The fourth-order valence-corrected chi connectivity index (χ4v) is 3.79. The maximum Gasteiger partial charge on any atom is 0.154 e. The molecule has 4 aromatic heterocycles. The van der Waals surface area contributed by atoms with Crippen LogP contribution < -0.4 is 4.90 Å². The minimum Gasteiger partial charge on any atom is -0.356 e. The molecule has 0 aliphatic carbocycles. The van der Waals surface area contributed by atoms with Gasteiger partial charge < -0.3 is 14.5 Å². The van der Waals surface area contributed by atoms with Gasteiger partial charge >= 0.3 is 0 Å². The van der Waals surface area contributed by atoms with Crippen molar-refractivity contribution in [1.29, 1.82) is 0 Å². The van der Waals surface area contributed by atoms with Crippen LogP contribution in [0.3, 0.4) is 0 Å². The third-order valence-electron chi connectivity index (χ3n) is 5.26. The standard InChI is InChI=1S/C17H20N10/c1-25-14(8-27-11-18-9-22-27)23-24-16(25)12-3-6-26(7-4-12)17-13-2-5-19-15(13)20-10-21-17/h2,5,9-12H,3-4,6-8H2,1H3,(H,19,20,21). The molecule has 5 rings (SSSR count). The van der Waals surface area contributed by atoms with Crippen LogP contribution >= 0.6 is 0 Å². The van der Waals surface area contributed by atoms with Crippen molar-refractivity contribution in [2.24, 2.45) is 7.05 Å². The van der Waals surface area contributed by atoms with Gasteiger partial charge in [0.2, 0.25) is 0 Å². The molecule has 0 bridgehead atoms. The van der Waals surface area contributed by atoms with Gasteiger partial charge in [0.05, 0.1) is 5.39 Å². The van der Waals surface area contributed by atoms with Crippen molar-refractivity contribution in [1.82, 2.24) is 44.5 Å². The number of piperidine rings is 1. The van der Waals surface area contributed by atoms with Crippen LogP contribution in [-0.2, 0) is 13.6 Å². The molecule has 0 amide bonds. The van der Waals surface area contributed by atoms with E-state index in [0.29, 0.717) is 12.5 Å². The lowest BCUT2D eigenvalue weighted by atomic mass is 9.96. The second-order valence-corrected chi connectivity index (χ2v) is 6.83. The average molecular weight is 364 g/mol. The van der Waals surface area contributed by atoms with Gasteiger partial charge in [0.25, 0.3) is 0 Å². The van der Waals surface area contributed by atoms with Gasteiger partial charge in [-0.3, -0.25) is 0 Å². The lowest BCUT2D eigenvalue weighted by Gasteiger charge is -2.32. The fraction of sp³-hybridized carbons (Fsp3) is 0.412. The van der Waals surface area contributed by atoms with Crippen molar-refractivity contribution in [3.05, 3.63) is 42.9 Å². The molecule has 1 aliphatic rings. The van der Waals surface area contributed by atoms with Crippen LogP contribution in [0.4, 0.5) is 5.82 Å². The summed E-state index contributed by atoms with van der Waals surface area (Å²) in [5.74, 6) is 3.33. The van der Waals surface area contributed by atoms with Gasteiger partial charge in [0.15, 0.2) is 5.82 Å². The molecule has 27 heavy (non-hydrogen) atoms. The van der Waals surface area contributed by atoms with Gasteiger partial charge in [-0.1, -0.05) is 0 Å². The van der Waals surface area contributed by atoms with E-state index in [4.69, 9.17) is 0 Å². The maximum absolute atomic E-state index is 4.51. The Morgan fingerprint density at radius 3 is 2.85 bits per heavy atom. The molecule has 0 spiro atoms. The molecule has 5 heterocycles. The van der Waals surface area contributed by atoms with E-state index < -0.39 is 0 Å². The summed E-state index contributed by atoms with van der Waals surface area (Å²) in [6.45, 7) is 2.45. The SMILES string of the molecule is Cn1c(Cn2cncn2)nnc1C1CCN(c2ncnc3[nH]ccc23)CC1. The highest BCUT2D eigenvalue weighted by atomic mass is 15.4. The van der Waals surface area contributed by atoms with Crippen molar-refractivity contribution in [2.75, 3.05) is 18.0 Å². The zero-order valence-corrected chi connectivity index (χ0v) is 15.0. The van der Waals surface area contributed by atoms with Gasteiger partial charge in [0, 0.05) is 32.3 Å². The Bertz CT molecular complexity index is 1040. The molecule has 10 heteroatoms. The van der Waals surface area contributed by atoms with Crippen molar-refractivity contribution in [3.8, 4) is 0 Å². The monoisotopic (exact) mass is 364 g/mol. The summed E-state index contributed by atoms with van der Waals surface area (Å²) in [6.07, 6.45) is 8.79. The predicted octanol–water partition coefficient (Wildman–Crippen LogP) is 1.11. The first-order valence-corrected chi connectivity index (χ1v) is 9.03. The summed E-state index contributed by atoms with van der Waals surface area (Å²) in [5.41, 5.74) is 0.883. The van der Waals surface area contributed by atoms with E-state index in [2.05, 4.69) is 44.7 Å². The summed E-state index contributed by atoms with van der Waals surface area (Å²) in [7, 11) is 2.03. The first-order valence-electron chi connectivity index (χ1n) is 9.03. The second kappa shape index (κ2) is 6.45. The number of nitrogens with one attached hydrogen (secondary N) is 1. The second-order valence-electron chi connectivity index (χ2n) is 6.83. The normalized spacial score (nSPS) is 15.7. The van der Waals surface area contributed by atoms with Crippen LogP contribution in [0.25, 0.3) is 11.0 Å². The third-order valence-corrected chi connectivity index (χ3v) is 5.26. The number of nitrogens with zero attached hydrogens (tertiary/aromatic N) is 9. The molecule has 10 nitrogen and oxygen atoms in total. The molecule has 4 aromatic rings. The van der Waals surface area contributed by atoms with Gasteiger partial charge in [-0.2, -0.15) is 5.10 Å². The topological polar surface area (TPSA) is 106 Å². The molecule has 0 aromatic carbocycles. The summed E-state index contributed by atoms with van der Waals surface area (Å²) in [4.78, 5) is 18.2. The summed E-state index contributed by atoms with van der Waals surface area (Å²) in [6, 6.07) is 2.04. The summed E-state index contributed by atoms with van der Waals surface area (Å²) >= 11 is 0. The van der Waals surface area contributed by atoms with Crippen molar-refractivity contribution in [2.45, 2.75) is 25.3 Å². The molecule has 0 radical (unpaired) electrons. The quantitative estimate of drug-likeness (QED) is 0.578. The van der Waals surface area contributed by atoms with E-state index in [0.717, 1.165) is 54.4 Å². The summed E-state index contributed by atoms with van der Waals surface area (Å²) < 4.78 is 3.85. The zero-order chi connectivity index (χ0) is 18.2. The van der Waals surface area contributed by atoms with Crippen LogP contribution in [0.2, 0.25) is 0 Å². The summed E-state index contributed by atoms with van der Waals surface area (Å²) in [5, 5.41) is 14.0. The van der Waals surface area contributed by atoms with Crippen LogP contribution in [0.5, 0.6) is 0 Å². The number of fused-ring (bicyclic) bond motifs is 1. The Morgan fingerprint density at radius 1 is 1.15 bits per heavy atom. The Labute approximate surface area is 155 Å². The van der Waals surface area contributed by atoms with Gasteiger partial charge in [-0.15, -0.1) is 10.2 Å². The molecular formula is C17H20N10. The van der Waals surface area contributed by atoms with Crippen molar-refractivity contribution >= 4 is 16.9 Å². The molecule has 0 unspecified atom stereocenters. The highest BCUT2D eigenvalue weighted by Gasteiger charge is 2.26. The zero-order valence-electron chi connectivity index (χ0n) is 15.0. The molecule has 138 valence electrons. The molecule has 1 saturated heterocycles. The van der Waals surface area contributed by atoms with Gasteiger partial charge in [-0.05, 0) is 18.9 Å². The smallest absolute Gasteiger partial charge is 0.154 e. The maximum atomic E-state index is 4.51. The van der Waals surface area contributed by atoms with Crippen LogP contribution in [0, 0.1) is 0 Å². The molecule has 0 saturated carbocycles. The minimum atomic E-state index is 0.395. The number of rotatable bonds is 4. The molecule has 1 aliphatic heterocycles. The predicted molar refractivity (Wildman–Crippen MR) is 98.2 cm³/mol. The molecule has 0 atom stereocenters. The van der Waals surface area contributed by atoms with E-state index >= 15 is 0 Å². The molecular weight excluding hydrogens is 344 g/mol. The van der Waals surface area contributed by atoms with Gasteiger partial charge in [0.1, 0.15) is 42.8 Å². The number of hydrogen-bond acceptors (Lipinski definition) is 7. The molecule has 1 N–H and O–H groups in total. The lowest BCUT2D eigenvalue weighted by Crippen LogP contribution is -2.34. The first-order chi connectivity index (χ1) is 13.3. The minimum absolute atomic E-state index is 0.395. The van der Waals surface area contributed by atoms with Crippen LogP contribution in [0.1, 0.15) is 30.4 Å². The first kappa shape index (κ1) is 15.9. The Morgan fingerprint density at radius 2 is 2.04 bits per heavy atom. The van der Waals surface area contributed by atoms with Crippen LogP contribution in [-0.4, -0.2) is 57.6 Å². The van der Waals surface area contributed by atoms with E-state index in [9.17, 15) is 0 Å². The highest BCUT2D eigenvalue weighted by molar-refractivity contribution is 5.87. The molecule has 1 fully saturated rings. The Hall–Kier alpha value is -3.30. The Kier molecular flexibility index (Phi) is 3.80. The fourth-order valence-electron chi connectivity index (χ4n) is 3.79. The van der Waals surface area contributed by atoms with E-state index in [1.165, 1.54) is 6.33 Å². The van der Waals surface area contributed by atoms with E-state index in [-0.39, 0.29) is 0 Å². The number of aromatic amines is 1. The number of H-pyrrole nitrogens is 1. The highest BCUT2D eigenvalue weighted by Crippen LogP contribution is 2.31. The van der Waals surface area contributed by atoms with Crippen LogP contribution in [0.15, 0.2) is 31.2 Å². The number of hydrogen-bond donors (Lipinski definition) is 1. The van der Waals surface area contributed by atoms with E-state index in [1.807, 2.05) is 19.3 Å². The number of aromatic nitrogens is 9. The van der Waals surface area contributed by atoms with Crippen molar-refractivity contribution in [3.63, 3.8) is 0 Å². The number of anilines is 1. The van der Waals surface area contributed by atoms with Gasteiger partial charge in [-0.25, -0.2) is 19.6 Å². The Balaban J connectivity index is 1.31. The van der Waals surface area contributed by atoms with E-state index in [1.54, 1.807) is 17.3 Å². The third kappa shape index (κ3) is 2.82. The average Bonchev–Trinajstić information content (AvgIpc) is 3.44. The lowest BCUT2D eigenvalue weighted by molar-refractivity contribution is 0.470. The largest absolute Gasteiger partial charge is 0.356 e. The van der Waals surface area contributed by atoms with Crippen molar-refractivity contribution < 1.29 is 0 Å².